The molecule has 0 amide bonds. The number of benzene rings is 1. The van der Waals surface area contributed by atoms with Crippen molar-refractivity contribution >= 4 is 5.97 Å². The van der Waals surface area contributed by atoms with E-state index in [0.717, 1.165) is 31.4 Å². The summed E-state index contributed by atoms with van der Waals surface area (Å²) in [6.07, 6.45) is 3.83. The van der Waals surface area contributed by atoms with Gasteiger partial charge in [-0.25, -0.2) is 0 Å². The van der Waals surface area contributed by atoms with Crippen LogP contribution in [0.4, 0.5) is 0 Å². The van der Waals surface area contributed by atoms with E-state index in [1.807, 2.05) is 6.92 Å². The van der Waals surface area contributed by atoms with Crippen molar-refractivity contribution < 1.29 is 14.6 Å². The van der Waals surface area contributed by atoms with Gasteiger partial charge < -0.3 is 9.84 Å². The fourth-order valence-electron chi connectivity index (χ4n) is 3.11. The van der Waals surface area contributed by atoms with E-state index in [1.165, 1.54) is 11.1 Å². The largest absolute Gasteiger partial charge is 0.494 e. The number of ether oxygens (including phenoxy) is 1. The lowest BCUT2D eigenvalue weighted by atomic mass is 9.88. The van der Waals surface area contributed by atoms with E-state index in [0.29, 0.717) is 18.4 Å². The first-order valence-corrected chi connectivity index (χ1v) is 8.09. The van der Waals surface area contributed by atoms with Gasteiger partial charge in [-0.15, -0.1) is 0 Å². The number of hydrogen-bond donors (Lipinski definition) is 1. The lowest BCUT2D eigenvalue weighted by Gasteiger charge is -2.20. The Morgan fingerprint density at radius 2 is 2.14 bits per heavy atom. The van der Waals surface area contributed by atoms with Crippen LogP contribution in [0.1, 0.15) is 57.1 Å². The Labute approximate surface area is 127 Å². The molecule has 3 nitrogen and oxygen atoms in total. The number of aryl methyl sites for hydroxylation is 1. The number of rotatable bonds is 8. The van der Waals surface area contributed by atoms with Crippen LogP contribution < -0.4 is 4.74 Å². The van der Waals surface area contributed by atoms with E-state index in [-0.39, 0.29) is 5.92 Å². The molecule has 1 fully saturated rings. The minimum absolute atomic E-state index is 0.121. The number of carbonyl (C=O) groups is 1. The number of aliphatic carboxylic acids is 1. The van der Waals surface area contributed by atoms with Gasteiger partial charge in [-0.2, -0.15) is 0 Å². The zero-order chi connectivity index (χ0) is 15.4. The Kier molecular flexibility index (Phi) is 5.27. The van der Waals surface area contributed by atoms with Crippen molar-refractivity contribution in [2.24, 2.45) is 11.8 Å². The maximum Gasteiger partial charge on any atom is 0.306 e. The standard InChI is InChI=1S/C18H26O3/c1-4-12-7-8-17(21-6-3)15(9-12)13(5-2)10-14-11-16(14)18(19)20/h7-9,13-14,16H,4-6,10-11H2,1-3H3,(H,19,20). The van der Waals surface area contributed by atoms with Gasteiger partial charge in [0, 0.05) is 0 Å². The van der Waals surface area contributed by atoms with Crippen LogP contribution in [0.3, 0.4) is 0 Å². The first-order chi connectivity index (χ1) is 10.1. The molecule has 3 atom stereocenters. The summed E-state index contributed by atoms with van der Waals surface area (Å²) in [6, 6.07) is 6.44. The van der Waals surface area contributed by atoms with Crippen LogP contribution in [0.25, 0.3) is 0 Å². The minimum Gasteiger partial charge on any atom is -0.494 e. The Hall–Kier alpha value is -1.51. The normalized spacial score (nSPS) is 21.9. The summed E-state index contributed by atoms with van der Waals surface area (Å²) in [5, 5.41) is 9.08. The molecule has 1 N–H and O–H groups in total. The number of hydrogen-bond acceptors (Lipinski definition) is 2. The molecular weight excluding hydrogens is 264 g/mol. The summed E-state index contributed by atoms with van der Waals surface area (Å²) in [7, 11) is 0. The highest BCUT2D eigenvalue weighted by Crippen LogP contribution is 2.47. The van der Waals surface area contributed by atoms with Crippen LogP contribution in [-0.2, 0) is 11.2 Å². The fourth-order valence-corrected chi connectivity index (χ4v) is 3.11. The molecule has 0 bridgehead atoms. The van der Waals surface area contributed by atoms with Gasteiger partial charge >= 0.3 is 5.97 Å². The van der Waals surface area contributed by atoms with Gasteiger partial charge in [0.1, 0.15) is 5.75 Å². The second-order valence-electron chi connectivity index (χ2n) is 5.94. The van der Waals surface area contributed by atoms with E-state index in [1.54, 1.807) is 0 Å². The van der Waals surface area contributed by atoms with Crippen LogP contribution in [0.5, 0.6) is 5.75 Å². The predicted octanol–water partition coefficient (Wildman–Crippen LogP) is 4.25. The van der Waals surface area contributed by atoms with Gasteiger partial charge in [0.2, 0.25) is 0 Å². The Morgan fingerprint density at radius 3 is 2.67 bits per heavy atom. The SMILES string of the molecule is CCOc1ccc(CC)cc1C(CC)CC1CC1C(=O)O. The molecule has 1 aromatic carbocycles. The molecule has 1 aromatic rings. The summed E-state index contributed by atoms with van der Waals surface area (Å²) in [5.41, 5.74) is 2.58. The second-order valence-corrected chi connectivity index (χ2v) is 5.94. The Morgan fingerprint density at radius 1 is 1.38 bits per heavy atom. The molecule has 0 heterocycles. The third kappa shape index (κ3) is 3.78. The third-order valence-electron chi connectivity index (χ3n) is 4.54. The van der Waals surface area contributed by atoms with Crippen LogP contribution in [-0.4, -0.2) is 17.7 Å². The number of carboxylic acid groups (broad SMARTS) is 1. The zero-order valence-corrected chi connectivity index (χ0v) is 13.3. The zero-order valence-electron chi connectivity index (χ0n) is 13.3. The molecule has 21 heavy (non-hydrogen) atoms. The summed E-state index contributed by atoms with van der Waals surface area (Å²) < 4.78 is 5.78. The van der Waals surface area contributed by atoms with Crippen LogP contribution >= 0.6 is 0 Å². The molecule has 2 rings (SSSR count). The smallest absolute Gasteiger partial charge is 0.306 e. The van der Waals surface area contributed by atoms with Gasteiger partial charge in [0.05, 0.1) is 12.5 Å². The van der Waals surface area contributed by atoms with Crippen molar-refractivity contribution in [3.63, 3.8) is 0 Å². The highest BCUT2D eigenvalue weighted by Gasteiger charge is 2.44. The lowest BCUT2D eigenvalue weighted by Crippen LogP contribution is -2.07. The van der Waals surface area contributed by atoms with Crippen molar-refractivity contribution in [3.8, 4) is 5.75 Å². The van der Waals surface area contributed by atoms with Crippen molar-refractivity contribution in [3.05, 3.63) is 29.3 Å². The average molecular weight is 290 g/mol. The van der Waals surface area contributed by atoms with E-state index in [4.69, 9.17) is 9.84 Å². The van der Waals surface area contributed by atoms with E-state index >= 15 is 0 Å². The first kappa shape index (κ1) is 15.9. The number of carboxylic acids is 1. The van der Waals surface area contributed by atoms with Crippen molar-refractivity contribution in [2.75, 3.05) is 6.61 Å². The molecule has 0 aromatic heterocycles. The van der Waals surface area contributed by atoms with Gasteiger partial charge in [-0.1, -0.05) is 26.0 Å². The molecule has 3 heteroatoms. The van der Waals surface area contributed by atoms with E-state index < -0.39 is 5.97 Å². The van der Waals surface area contributed by atoms with Crippen molar-refractivity contribution in [1.29, 1.82) is 0 Å². The highest BCUT2D eigenvalue weighted by molar-refractivity contribution is 5.73. The summed E-state index contributed by atoms with van der Waals surface area (Å²) >= 11 is 0. The Bertz CT molecular complexity index is 495. The molecule has 0 spiro atoms. The molecular formula is C18H26O3. The summed E-state index contributed by atoms with van der Waals surface area (Å²) in [4.78, 5) is 11.0. The molecule has 3 unspecified atom stereocenters. The van der Waals surface area contributed by atoms with Crippen LogP contribution in [0, 0.1) is 11.8 Å². The van der Waals surface area contributed by atoms with E-state index in [2.05, 4.69) is 32.0 Å². The van der Waals surface area contributed by atoms with Gasteiger partial charge in [0.25, 0.3) is 0 Å². The van der Waals surface area contributed by atoms with Crippen LogP contribution in [0.15, 0.2) is 18.2 Å². The highest BCUT2D eigenvalue weighted by atomic mass is 16.5. The quantitative estimate of drug-likeness (QED) is 0.778. The van der Waals surface area contributed by atoms with Gasteiger partial charge in [-0.05, 0) is 61.6 Å². The molecule has 1 aliphatic carbocycles. The molecule has 1 saturated carbocycles. The predicted molar refractivity (Wildman–Crippen MR) is 83.9 cm³/mol. The molecule has 1 aliphatic rings. The molecule has 116 valence electrons. The van der Waals surface area contributed by atoms with Crippen LogP contribution in [0.2, 0.25) is 0 Å². The third-order valence-corrected chi connectivity index (χ3v) is 4.54. The van der Waals surface area contributed by atoms with Crippen molar-refractivity contribution in [1.82, 2.24) is 0 Å². The maximum absolute atomic E-state index is 11.0. The fraction of sp³-hybridized carbons (Fsp3) is 0.611. The van der Waals surface area contributed by atoms with Gasteiger partial charge in [-0.3, -0.25) is 4.79 Å². The lowest BCUT2D eigenvalue weighted by molar-refractivity contribution is -0.138. The summed E-state index contributed by atoms with van der Waals surface area (Å²) in [6.45, 7) is 6.99. The molecule has 0 aliphatic heterocycles. The minimum atomic E-state index is -0.637. The average Bonchev–Trinajstić information content (AvgIpc) is 3.25. The van der Waals surface area contributed by atoms with E-state index in [9.17, 15) is 4.79 Å². The molecule has 0 radical (unpaired) electrons. The summed E-state index contributed by atoms with van der Waals surface area (Å²) in [5.74, 6) is 0.944. The van der Waals surface area contributed by atoms with Crippen molar-refractivity contribution in [2.45, 2.75) is 52.4 Å². The Balaban J connectivity index is 2.17. The molecule has 0 saturated heterocycles. The topological polar surface area (TPSA) is 46.5 Å². The second kappa shape index (κ2) is 6.97. The maximum atomic E-state index is 11.0. The van der Waals surface area contributed by atoms with Gasteiger partial charge in [0.15, 0.2) is 0 Å². The first-order valence-electron chi connectivity index (χ1n) is 8.09. The monoisotopic (exact) mass is 290 g/mol.